The highest BCUT2D eigenvalue weighted by Gasteiger charge is 2.18. The number of hydrogen-bond donors (Lipinski definition) is 0. The molecule has 0 aromatic carbocycles. The van der Waals surface area contributed by atoms with Crippen molar-refractivity contribution in [1.82, 2.24) is 9.47 Å². The molecule has 3 aromatic heterocycles. The molecule has 0 spiro atoms. The van der Waals surface area contributed by atoms with E-state index in [9.17, 15) is 9.59 Å². The molecule has 126 valence electrons. The number of aromatic nitrogens is 1. The second-order valence-electron chi connectivity index (χ2n) is 5.57. The number of carbonyl (C=O) groups is 1. The van der Waals surface area contributed by atoms with Gasteiger partial charge in [-0.1, -0.05) is 11.3 Å². The average Bonchev–Trinajstić information content (AvgIpc) is 3.26. The van der Waals surface area contributed by atoms with E-state index in [2.05, 4.69) is 0 Å². The summed E-state index contributed by atoms with van der Waals surface area (Å²) in [5.74, 6) is 0.632. The molecule has 0 N–H and O–H groups in total. The molecule has 5 nitrogen and oxygen atoms in total. The summed E-state index contributed by atoms with van der Waals surface area (Å²) in [6.45, 7) is 4.84. The summed E-state index contributed by atoms with van der Waals surface area (Å²) < 4.78 is 6.90. The number of rotatable bonds is 6. The van der Waals surface area contributed by atoms with Gasteiger partial charge in [0.15, 0.2) is 0 Å². The van der Waals surface area contributed by atoms with E-state index >= 15 is 0 Å². The average molecular weight is 362 g/mol. The topological polar surface area (TPSA) is 55.5 Å². The zero-order chi connectivity index (χ0) is 17.1. The molecule has 0 saturated heterocycles. The largest absolute Gasteiger partial charge is 0.467 e. The van der Waals surface area contributed by atoms with Crippen LogP contribution in [0.15, 0.2) is 45.1 Å². The van der Waals surface area contributed by atoms with Crippen molar-refractivity contribution in [2.75, 3.05) is 0 Å². The zero-order valence-electron chi connectivity index (χ0n) is 13.5. The van der Waals surface area contributed by atoms with E-state index in [4.69, 9.17) is 4.42 Å². The molecule has 0 aliphatic heterocycles. The van der Waals surface area contributed by atoms with E-state index < -0.39 is 0 Å². The van der Waals surface area contributed by atoms with Crippen molar-refractivity contribution in [3.05, 3.63) is 66.8 Å². The maximum Gasteiger partial charge on any atom is 0.307 e. The standard InChI is InChI=1S/C17H18N2O3S2/c1-12-11-23-17(21)19(12)10-16(20)18(8-14-4-3-7-22-14)9-15-6-5-13(2)24-15/h3-7,11H,8-10H2,1-2H3. The summed E-state index contributed by atoms with van der Waals surface area (Å²) in [6.07, 6.45) is 1.60. The molecule has 0 radical (unpaired) electrons. The molecular formula is C17H18N2O3S2. The Balaban J connectivity index is 1.80. The molecule has 7 heteroatoms. The normalized spacial score (nSPS) is 10.9. The van der Waals surface area contributed by atoms with E-state index in [1.807, 2.05) is 32.0 Å². The fourth-order valence-electron chi connectivity index (χ4n) is 2.41. The number of aryl methyl sites for hydroxylation is 2. The van der Waals surface area contributed by atoms with Gasteiger partial charge >= 0.3 is 4.87 Å². The first-order valence-electron chi connectivity index (χ1n) is 7.53. The maximum atomic E-state index is 12.8. The van der Waals surface area contributed by atoms with E-state index in [1.54, 1.807) is 33.9 Å². The minimum Gasteiger partial charge on any atom is -0.467 e. The Kier molecular flexibility index (Phi) is 5.01. The Morgan fingerprint density at radius 1 is 1.25 bits per heavy atom. The van der Waals surface area contributed by atoms with Gasteiger partial charge in [0.05, 0.1) is 19.4 Å². The summed E-state index contributed by atoms with van der Waals surface area (Å²) in [5, 5.41) is 1.77. The molecule has 3 aromatic rings. The molecule has 1 amide bonds. The van der Waals surface area contributed by atoms with Crippen LogP contribution < -0.4 is 4.87 Å². The lowest BCUT2D eigenvalue weighted by molar-refractivity contribution is -0.133. The third kappa shape index (κ3) is 3.85. The quantitative estimate of drug-likeness (QED) is 0.675. The SMILES string of the molecule is Cc1ccc(CN(Cc2ccco2)C(=O)Cn2c(C)csc2=O)s1. The van der Waals surface area contributed by atoms with Gasteiger partial charge in [-0.05, 0) is 38.1 Å². The van der Waals surface area contributed by atoms with Crippen LogP contribution in [0.5, 0.6) is 0 Å². The van der Waals surface area contributed by atoms with Crippen LogP contribution in [0.25, 0.3) is 0 Å². The van der Waals surface area contributed by atoms with Gasteiger partial charge in [-0.2, -0.15) is 0 Å². The summed E-state index contributed by atoms with van der Waals surface area (Å²) in [6, 6.07) is 7.73. The van der Waals surface area contributed by atoms with Gasteiger partial charge in [0.25, 0.3) is 0 Å². The second kappa shape index (κ2) is 7.19. The first-order valence-corrected chi connectivity index (χ1v) is 9.23. The third-order valence-corrected chi connectivity index (χ3v) is 5.56. The highest BCUT2D eigenvalue weighted by atomic mass is 32.1. The summed E-state index contributed by atoms with van der Waals surface area (Å²) in [7, 11) is 0. The Morgan fingerprint density at radius 3 is 2.67 bits per heavy atom. The molecule has 0 bridgehead atoms. The van der Waals surface area contributed by atoms with E-state index in [-0.39, 0.29) is 17.3 Å². The van der Waals surface area contributed by atoms with Gasteiger partial charge in [0.2, 0.25) is 5.91 Å². The Labute approximate surface area is 147 Å². The Morgan fingerprint density at radius 2 is 2.08 bits per heavy atom. The van der Waals surface area contributed by atoms with Crippen LogP contribution in [0.4, 0.5) is 0 Å². The Hall–Kier alpha value is -2.12. The van der Waals surface area contributed by atoms with Crippen molar-refractivity contribution in [2.24, 2.45) is 0 Å². The Bertz CT molecular complexity index is 874. The highest BCUT2D eigenvalue weighted by molar-refractivity contribution is 7.11. The molecule has 0 saturated carbocycles. The van der Waals surface area contributed by atoms with Crippen LogP contribution >= 0.6 is 22.7 Å². The van der Waals surface area contributed by atoms with Crippen molar-refractivity contribution in [3.63, 3.8) is 0 Å². The molecular weight excluding hydrogens is 344 g/mol. The lowest BCUT2D eigenvalue weighted by Crippen LogP contribution is -2.34. The number of nitrogens with zero attached hydrogens (tertiary/aromatic N) is 2. The highest BCUT2D eigenvalue weighted by Crippen LogP contribution is 2.19. The number of thiazole rings is 1. The minimum atomic E-state index is -0.106. The number of hydrogen-bond acceptors (Lipinski definition) is 5. The van der Waals surface area contributed by atoms with Gasteiger partial charge < -0.3 is 9.32 Å². The molecule has 3 rings (SSSR count). The van der Waals surface area contributed by atoms with Crippen LogP contribution in [-0.2, 0) is 24.4 Å². The van der Waals surface area contributed by atoms with Gasteiger partial charge in [-0.3, -0.25) is 14.2 Å². The fourth-order valence-corrected chi connectivity index (χ4v) is 4.05. The van der Waals surface area contributed by atoms with Crippen LogP contribution in [0, 0.1) is 13.8 Å². The number of carbonyl (C=O) groups excluding carboxylic acids is 1. The van der Waals surface area contributed by atoms with E-state index in [1.165, 1.54) is 9.44 Å². The predicted molar refractivity (Wildman–Crippen MR) is 95.3 cm³/mol. The van der Waals surface area contributed by atoms with E-state index in [0.29, 0.717) is 13.1 Å². The molecule has 24 heavy (non-hydrogen) atoms. The van der Waals surface area contributed by atoms with E-state index in [0.717, 1.165) is 27.7 Å². The molecule has 0 atom stereocenters. The molecule has 3 heterocycles. The molecule has 0 fully saturated rings. The van der Waals surface area contributed by atoms with Crippen molar-refractivity contribution in [1.29, 1.82) is 0 Å². The monoisotopic (exact) mass is 362 g/mol. The first-order chi connectivity index (χ1) is 11.5. The first kappa shape index (κ1) is 16.7. The molecule has 0 aliphatic carbocycles. The van der Waals surface area contributed by atoms with Crippen LogP contribution in [0.1, 0.15) is 21.2 Å². The zero-order valence-corrected chi connectivity index (χ0v) is 15.2. The van der Waals surface area contributed by atoms with Gasteiger partial charge in [0, 0.05) is 20.8 Å². The van der Waals surface area contributed by atoms with Crippen LogP contribution in [0.3, 0.4) is 0 Å². The summed E-state index contributed by atoms with van der Waals surface area (Å²) >= 11 is 2.79. The second-order valence-corrected chi connectivity index (χ2v) is 7.76. The van der Waals surface area contributed by atoms with Crippen molar-refractivity contribution < 1.29 is 9.21 Å². The van der Waals surface area contributed by atoms with Crippen molar-refractivity contribution in [3.8, 4) is 0 Å². The number of amides is 1. The third-order valence-electron chi connectivity index (χ3n) is 3.69. The summed E-state index contributed by atoms with van der Waals surface area (Å²) in [5.41, 5.74) is 0.809. The van der Waals surface area contributed by atoms with Crippen molar-refractivity contribution >= 4 is 28.6 Å². The number of furan rings is 1. The smallest absolute Gasteiger partial charge is 0.307 e. The molecule has 0 aliphatic rings. The van der Waals surface area contributed by atoms with Crippen molar-refractivity contribution in [2.45, 2.75) is 33.5 Å². The lowest BCUT2D eigenvalue weighted by Gasteiger charge is -2.21. The van der Waals surface area contributed by atoms with Gasteiger partial charge in [0.1, 0.15) is 12.3 Å². The summed E-state index contributed by atoms with van der Waals surface area (Å²) in [4.78, 5) is 28.6. The van der Waals surface area contributed by atoms with Crippen LogP contribution in [0.2, 0.25) is 0 Å². The lowest BCUT2D eigenvalue weighted by atomic mass is 10.3. The van der Waals surface area contributed by atoms with Gasteiger partial charge in [-0.25, -0.2) is 0 Å². The molecule has 0 unspecified atom stereocenters. The predicted octanol–water partition coefficient (Wildman–Crippen LogP) is 3.41. The maximum absolute atomic E-state index is 12.8. The fraction of sp³-hybridized carbons (Fsp3) is 0.294. The minimum absolute atomic E-state index is 0.0548. The number of thiophene rings is 1. The van der Waals surface area contributed by atoms with Crippen LogP contribution in [-0.4, -0.2) is 15.4 Å². The van der Waals surface area contributed by atoms with Gasteiger partial charge in [-0.15, -0.1) is 11.3 Å².